The van der Waals surface area contributed by atoms with Gasteiger partial charge in [0.15, 0.2) is 11.2 Å². The number of hydrogen-bond acceptors (Lipinski definition) is 4. The van der Waals surface area contributed by atoms with Crippen molar-refractivity contribution < 1.29 is 4.42 Å². The minimum absolute atomic E-state index is 0.256. The average molecular weight is 231 g/mol. The van der Waals surface area contributed by atoms with Gasteiger partial charge in [0.2, 0.25) is 5.89 Å². The van der Waals surface area contributed by atoms with Crippen LogP contribution in [0.1, 0.15) is 43.3 Å². The Morgan fingerprint density at radius 1 is 1.24 bits per heavy atom. The van der Waals surface area contributed by atoms with Crippen molar-refractivity contribution in [1.82, 2.24) is 15.3 Å². The summed E-state index contributed by atoms with van der Waals surface area (Å²) in [5.41, 5.74) is 2.49. The first-order valence-corrected chi connectivity index (χ1v) is 6.30. The van der Waals surface area contributed by atoms with Crippen molar-refractivity contribution in [3.63, 3.8) is 0 Å². The minimum Gasteiger partial charge on any atom is -0.437 e. The fourth-order valence-electron chi connectivity index (χ4n) is 2.32. The van der Waals surface area contributed by atoms with Crippen molar-refractivity contribution in [3.8, 4) is 0 Å². The van der Waals surface area contributed by atoms with Crippen LogP contribution >= 0.6 is 0 Å². The molecule has 1 aliphatic rings. The third-order valence-corrected chi connectivity index (χ3v) is 3.27. The molecule has 0 bridgehead atoms. The van der Waals surface area contributed by atoms with Crippen LogP contribution in [-0.2, 0) is 0 Å². The SMILES string of the molecule is Cc1ccc2oc(C3CCCCCN3)nc2n1. The number of pyridine rings is 1. The Kier molecular flexibility index (Phi) is 2.81. The summed E-state index contributed by atoms with van der Waals surface area (Å²) in [4.78, 5) is 8.88. The van der Waals surface area contributed by atoms with Crippen LogP contribution in [0.2, 0.25) is 0 Å². The van der Waals surface area contributed by atoms with E-state index in [9.17, 15) is 0 Å². The highest BCUT2D eigenvalue weighted by Crippen LogP contribution is 2.24. The molecule has 1 unspecified atom stereocenters. The van der Waals surface area contributed by atoms with E-state index in [1.54, 1.807) is 0 Å². The molecule has 1 saturated heterocycles. The van der Waals surface area contributed by atoms with Crippen LogP contribution in [0.4, 0.5) is 0 Å². The summed E-state index contributed by atoms with van der Waals surface area (Å²) in [7, 11) is 0. The molecule has 0 aromatic carbocycles. The Morgan fingerprint density at radius 2 is 2.18 bits per heavy atom. The summed E-state index contributed by atoms with van der Waals surface area (Å²) in [6, 6.07) is 4.16. The Hall–Kier alpha value is -1.42. The van der Waals surface area contributed by atoms with Crippen molar-refractivity contribution in [2.24, 2.45) is 0 Å². The van der Waals surface area contributed by atoms with E-state index in [4.69, 9.17) is 4.42 Å². The molecule has 2 aromatic rings. The van der Waals surface area contributed by atoms with Gasteiger partial charge in [-0.3, -0.25) is 0 Å². The predicted octanol–water partition coefficient (Wildman–Crippen LogP) is 2.74. The highest BCUT2D eigenvalue weighted by molar-refractivity contribution is 5.67. The fourth-order valence-corrected chi connectivity index (χ4v) is 2.32. The van der Waals surface area contributed by atoms with Crippen molar-refractivity contribution in [1.29, 1.82) is 0 Å². The molecule has 1 N–H and O–H groups in total. The smallest absolute Gasteiger partial charge is 0.214 e. The third-order valence-electron chi connectivity index (χ3n) is 3.27. The van der Waals surface area contributed by atoms with Gasteiger partial charge in [-0.2, -0.15) is 4.98 Å². The van der Waals surface area contributed by atoms with E-state index in [-0.39, 0.29) is 6.04 Å². The number of hydrogen-bond donors (Lipinski definition) is 1. The zero-order chi connectivity index (χ0) is 11.7. The molecule has 1 aliphatic heterocycles. The van der Waals surface area contributed by atoms with E-state index < -0.39 is 0 Å². The normalized spacial score (nSPS) is 21.6. The van der Waals surface area contributed by atoms with Crippen LogP contribution in [0.5, 0.6) is 0 Å². The predicted molar refractivity (Wildman–Crippen MR) is 65.8 cm³/mol. The largest absolute Gasteiger partial charge is 0.437 e. The second kappa shape index (κ2) is 4.45. The molecule has 2 aromatic heterocycles. The van der Waals surface area contributed by atoms with Gasteiger partial charge >= 0.3 is 0 Å². The molecular weight excluding hydrogens is 214 g/mol. The van der Waals surface area contributed by atoms with E-state index in [0.29, 0.717) is 0 Å². The van der Waals surface area contributed by atoms with Gasteiger partial charge in [-0.05, 0) is 38.4 Å². The van der Waals surface area contributed by atoms with Crippen LogP contribution in [0.3, 0.4) is 0 Å². The second-order valence-corrected chi connectivity index (χ2v) is 4.68. The molecule has 1 atom stereocenters. The molecule has 3 rings (SSSR count). The van der Waals surface area contributed by atoms with Gasteiger partial charge in [0.1, 0.15) is 0 Å². The summed E-state index contributed by atoms with van der Waals surface area (Å²) in [5.74, 6) is 0.792. The Morgan fingerprint density at radius 3 is 3.12 bits per heavy atom. The van der Waals surface area contributed by atoms with Gasteiger partial charge in [-0.1, -0.05) is 12.8 Å². The van der Waals surface area contributed by atoms with Gasteiger partial charge in [0.05, 0.1) is 6.04 Å². The average Bonchev–Trinajstić information content (AvgIpc) is 2.57. The quantitative estimate of drug-likeness (QED) is 0.820. The lowest BCUT2D eigenvalue weighted by molar-refractivity contribution is 0.410. The zero-order valence-corrected chi connectivity index (χ0v) is 10.1. The number of aromatic nitrogens is 2. The Bertz CT molecular complexity index is 512. The third kappa shape index (κ3) is 2.17. The Balaban J connectivity index is 1.93. The van der Waals surface area contributed by atoms with Crippen LogP contribution in [0.15, 0.2) is 16.5 Å². The van der Waals surface area contributed by atoms with Crippen LogP contribution < -0.4 is 5.32 Å². The number of rotatable bonds is 1. The van der Waals surface area contributed by atoms with Crippen molar-refractivity contribution in [3.05, 3.63) is 23.7 Å². The molecule has 90 valence electrons. The van der Waals surface area contributed by atoms with Crippen LogP contribution in [0.25, 0.3) is 11.2 Å². The van der Waals surface area contributed by atoms with Crippen molar-refractivity contribution in [2.75, 3.05) is 6.54 Å². The first-order chi connectivity index (χ1) is 8.33. The molecule has 4 heteroatoms. The lowest BCUT2D eigenvalue weighted by Crippen LogP contribution is -2.20. The highest BCUT2D eigenvalue weighted by Gasteiger charge is 2.19. The minimum atomic E-state index is 0.256. The summed E-state index contributed by atoms with van der Waals surface area (Å²) in [5, 5.41) is 3.49. The molecule has 0 radical (unpaired) electrons. The standard InChI is InChI=1S/C13H17N3O/c1-9-6-7-11-12(15-9)16-13(17-11)10-5-3-2-4-8-14-10/h6-7,10,14H,2-5,8H2,1H3. The van der Waals surface area contributed by atoms with Gasteiger partial charge in [-0.15, -0.1) is 0 Å². The molecule has 3 heterocycles. The molecular formula is C13H17N3O. The topological polar surface area (TPSA) is 51.0 Å². The summed E-state index contributed by atoms with van der Waals surface area (Å²) < 4.78 is 5.78. The van der Waals surface area contributed by atoms with Gasteiger partial charge < -0.3 is 9.73 Å². The number of oxazole rings is 1. The van der Waals surface area contributed by atoms with Gasteiger partial charge in [0.25, 0.3) is 0 Å². The molecule has 0 saturated carbocycles. The maximum atomic E-state index is 5.78. The van der Waals surface area contributed by atoms with E-state index in [1.165, 1.54) is 19.3 Å². The highest BCUT2D eigenvalue weighted by atomic mass is 16.3. The van der Waals surface area contributed by atoms with E-state index >= 15 is 0 Å². The number of aryl methyl sites for hydroxylation is 1. The van der Waals surface area contributed by atoms with Crippen LogP contribution in [0, 0.1) is 6.92 Å². The summed E-state index contributed by atoms with van der Waals surface area (Å²) in [6.07, 6.45) is 4.88. The van der Waals surface area contributed by atoms with E-state index in [2.05, 4.69) is 15.3 Å². The number of nitrogens with zero attached hydrogens (tertiary/aromatic N) is 2. The molecule has 0 aliphatic carbocycles. The number of fused-ring (bicyclic) bond motifs is 1. The fraction of sp³-hybridized carbons (Fsp3) is 0.538. The van der Waals surface area contributed by atoms with Crippen molar-refractivity contribution >= 4 is 11.2 Å². The van der Waals surface area contributed by atoms with Crippen molar-refractivity contribution in [2.45, 2.75) is 38.6 Å². The van der Waals surface area contributed by atoms with Crippen LogP contribution in [-0.4, -0.2) is 16.5 Å². The first-order valence-electron chi connectivity index (χ1n) is 6.30. The molecule has 4 nitrogen and oxygen atoms in total. The summed E-state index contributed by atoms with van der Waals surface area (Å²) >= 11 is 0. The second-order valence-electron chi connectivity index (χ2n) is 4.68. The number of nitrogens with one attached hydrogen (secondary N) is 1. The monoisotopic (exact) mass is 231 g/mol. The molecule has 0 spiro atoms. The molecule has 17 heavy (non-hydrogen) atoms. The summed E-state index contributed by atoms with van der Waals surface area (Å²) in [6.45, 7) is 3.02. The first kappa shape index (κ1) is 10.7. The lowest BCUT2D eigenvalue weighted by Gasteiger charge is -2.10. The maximum absolute atomic E-state index is 5.78. The Labute approximate surface area is 100 Å². The van der Waals surface area contributed by atoms with E-state index in [0.717, 1.165) is 35.8 Å². The molecule has 1 fully saturated rings. The molecule has 0 amide bonds. The maximum Gasteiger partial charge on any atom is 0.214 e. The van der Waals surface area contributed by atoms with E-state index in [1.807, 2.05) is 19.1 Å². The lowest BCUT2D eigenvalue weighted by atomic mass is 10.1. The van der Waals surface area contributed by atoms with Gasteiger partial charge in [0, 0.05) is 5.69 Å². The zero-order valence-electron chi connectivity index (χ0n) is 10.1. The van der Waals surface area contributed by atoms with Gasteiger partial charge in [-0.25, -0.2) is 4.98 Å².